The molecule has 1 aromatic carbocycles. The normalized spacial score (nSPS) is 11.0. The molecule has 1 rings (SSSR count). The first kappa shape index (κ1) is 27.2. The van der Waals surface area contributed by atoms with E-state index in [4.69, 9.17) is 10.2 Å². The summed E-state index contributed by atoms with van der Waals surface area (Å²) in [6.07, 6.45) is 18.3. The van der Waals surface area contributed by atoms with Gasteiger partial charge in [0.2, 0.25) is 0 Å². The number of rotatable bonds is 20. The lowest BCUT2D eigenvalue weighted by molar-refractivity contribution is -0.138. The van der Waals surface area contributed by atoms with E-state index in [1.165, 1.54) is 48.8 Å². The van der Waals surface area contributed by atoms with E-state index in [2.05, 4.69) is 25.1 Å². The Hall–Kier alpha value is -1.84. The van der Waals surface area contributed by atoms with Gasteiger partial charge in [0.25, 0.3) is 0 Å². The molecule has 0 heterocycles. The summed E-state index contributed by atoms with van der Waals surface area (Å²) in [5.41, 5.74) is 4.50. The van der Waals surface area contributed by atoms with Crippen molar-refractivity contribution in [3.63, 3.8) is 0 Å². The summed E-state index contributed by atoms with van der Waals surface area (Å²) in [7, 11) is 0. The highest BCUT2D eigenvalue weighted by Gasteiger charge is 2.09. The number of benzene rings is 1. The van der Waals surface area contributed by atoms with Gasteiger partial charge in [-0.25, -0.2) is 0 Å². The molecule has 0 fully saturated rings. The summed E-state index contributed by atoms with van der Waals surface area (Å²) >= 11 is 0. The fraction of sp³-hybridized carbons (Fsp3) is 0.704. The van der Waals surface area contributed by atoms with Crippen molar-refractivity contribution in [3.8, 4) is 0 Å². The molecule has 0 saturated heterocycles. The molecule has 0 radical (unpaired) electrons. The molecule has 4 nitrogen and oxygen atoms in total. The molecule has 1 aromatic rings. The van der Waals surface area contributed by atoms with Gasteiger partial charge in [-0.2, -0.15) is 0 Å². The molecule has 0 spiro atoms. The first-order chi connectivity index (χ1) is 15.0. The highest BCUT2D eigenvalue weighted by atomic mass is 16.4. The van der Waals surface area contributed by atoms with Crippen molar-refractivity contribution < 1.29 is 19.8 Å². The molecular formula is C27H44O4. The van der Waals surface area contributed by atoms with Crippen molar-refractivity contribution in [2.45, 2.75) is 122 Å². The number of unbranched alkanes of at least 4 members (excludes halogenated alkanes) is 10. The van der Waals surface area contributed by atoms with Crippen LogP contribution in [0, 0.1) is 0 Å². The fourth-order valence-electron chi connectivity index (χ4n) is 4.27. The lowest BCUT2D eigenvalue weighted by atomic mass is 9.90. The van der Waals surface area contributed by atoms with Crippen LogP contribution in [0.15, 0.2) is 18.2 Å². The third-order valence-corrected chi connectivity index (χ3v) is 6.07. The lowest BCUT2D eigenvalue weighted by Gasteiger charge is -2.16. The highest BCUT2D eigenvalue weighted by Crippen LogP contribution is 2.23. The van der Waals surface area contributed by atoms with Gasteiger partial charge in [0, 0.05) is 12.8 Å². The van der Waals surface area contributed by atoms with Crippen LogP contribution in [0.25, 0.3) is 0 Å². The molecule has 0 aliphatic carbocycles. The summed E-state index contributed by atoms with van der Waals surface area (Å²) < 4.78 is 0. The Morgan fingerprint density at radius 2 is 1.03 bits per heavy atom. The van der Waals surface area contributed by atoms with Crippen molar-refractivity contribution in [1.29, 1.82) is 0 Å². The van der Waals surface area contributed by atoms with Gasteiger partial charge in [-0.05, 0) is 68.1 Å². The number of aryl methyl sites for hydroxylation is 2. The lowest BCUT2D eigenvalue weighted by Crippen LogP contribution is -2.02. The Kier molecular flexibility index (Phi) is 15.6. The second-order valence-corrected chi connectivity index (χ2v) is 8.83. The maximum atomic E-state index is 10.7. The zero-order valence-corrected chi connectivity index (χ0v) is 19.7. The minimum atomic E-state index is -0.697. The number of carboxylic acid groups (broad SMARTS) is 2. The van der Waals surface area contributed by atoms with Crippen LogP contribution in [-0.4, -0.2) is 22.2 Å². The molecule has 0 amide bonds. The van der Waals surface area contributed by atoms with Gasteiger partial charge in [-0.3, -0.25) is 9.59 Å². The highest BCUT2D eigenvalue weighted by molar-refractivity contribution is 5.66. The van der Waals surface area contributed by atoms with E-state index in [0.29, 0.717) is 0 Å². The van der Waals surface area contributed by atoms with E-state index in [9.17, 15) is 9.59 Å². The number of carbonyl (C=O) groups is 2. The van der Waals surface area contributed by atoms with Crippen LogP contribution in [0.5, 0.6) is 0 Å². The Bertz CT molecular complexity index is 624. The SMILES string of the molecule is CCCCCCCc1cccc(CCCCCCC(=O)O)c1CCCCCCC(=O)O. The Morgan fingerprint density at radius 3 is 1.48 bits per heavy atom. The van der Waals surface area contributed by atoms with Gasteiger partial charge in [-0.15, -0.1) is 0 Å². The molecular weight excluding hydrogens is 388 g/mol. The zero-order chi connectivity index (χ0) is 22.7. The molecule has 0 saturated carbocycles. The summed E-state index contributed by atoms with van der Waals surface area (Å²) in [6, 6.07) is 6.78. The largest absolute Gasteiger partial charge is 0.481 e. The van der Waals surface area contributed by atoms with Gasteiger partial charge in [-0.1, -0.05) is 76.5 Å². The van der Waals surface area contributed by atoms with Crippen molar-refractivity contribution in [1.82, 2.24) is 0 Å². The van der Waals surface area contributed by atoms with E-state index in [-0.39, 0.29) is 12.8 Å². The second-order valence-electron chi connectivity index (χ2n) is 8.83. The average Bonchev–Trinajstić information content (AvgIpc) is 2.73. The van der Waals surface area contributed by atoms with Crippen LogP contribution < -0.4 is 0 Å². The average molecular weight is 433 g/mol. The van der Waals surface area contributed by atoms with E-state index >= 15 is 0 Å². The van der Waals surface area contributed by atoms with Crippen molar-refractivity contribution in [2.75, 3.05) is 0 Å². The summed E-state index contributed by atoms with van der Waals surface area (Å²) in [4.78, 5) is 21.3. The third-order valence-electron chi connectivity index (χ3n) is 6.07. The zero-order valence-electron chi connectivity index (χ0n) is 19.7. The fourth-order valence-corrected chi connectivity index (χ4v) is 4.27. The third kappa shape index (κ3) is 14.0. The molecule has 0 aromatic heterocycles. The minimum Gasteiger partial charge on any atom is -0.481 e. The van der Waals surface area contributed by atoms with Crippen molar-refractivity contribution >= 4 is 11.9 Å². The van der Waals surface area contributed by atoms with Crippen LogP contribution in [0.4, 0.5) is 0 Å². The van der Waals surface area contributed by atoms with Crippen LogP contribution in [0.2, 0.25) is 0 Å². The molecule has 0 bridgehead atoms. The first-order valence-corrected chi connectivity index (χ1v) is 12.6. The quantitative estimate of drug-likeness (QED) is 0.211. The molecule has 0 aliphatic heterocycles. The van der Waals surface area contributed by atoms with Crippen molar-refractivity contribution in [3.05, 3.63) is 34.9 Å². The standard InChI is InChI=1S/C27H44O4/c1-2-3-4-5-10-16-23-18-15-19-24(17-11-6-8-13-21-26(28)29)25(23)20-12-7-9-14-22-27(30)31/h15,18-19H,2-14,16-17,20-22H2,1H3,(H,28,29)(H,30,31). The molecule has 0 aliphatic rings. The van der Waals surface area contributed by atoms with E-state index < -0.39 is 11.9 Å². The number of hydrogen-bond acceptors (Lipinski definition) is 2. The maximum Gasteiger partial charge on any atom is 0.303 e. The van der Waals surface area contributed by atoms with Gasteiger partial charge in [0.05, 0.1) is 0 Å². The smallest absolute Gasteiger partial charge is 0.303 e. The molecule has 4 heteroatoms. The molecule has 0 unspecified atom stereocenters. The van der Waals surface area contributed by atoms with Gasteiger partial charge in [0.15, 0.2) is 0 Å². The predicted molar refractivity (Wildman–Crippen MR) is 128 cm³/mol. The van der Waals surface area contributed by atoms with Gasteiger partial charge in [0.1, 0.15) is 0 Å². The van der Waals surface area contributed by atoms with E-state index in [1.807, 2.05) is 0 Å². The molecule has 176 valence electrons. The number of aliphatic carboxylic acids is 2. The molecule has 2 N–H and O–H groups in total. The van der Waals surface area contributed by atoms with E-state index in [1.54, 1.807) is 0 Å². The van der Waals surface area contributed by atoms with Crippen LogP contribution in [0.1, 0.15) is 120 Å². The number of carboxylic acids is 2. The maximum absolute atomic E-state index is 10.7. The van der Waals surface area contributed by atoms with Crippen LogP contribution in [-0.2, 0) is 28.9 Å². The minimum absolute atomic E-state index is 0.278. The first-order valence-electron chi connectivity index (χ1n) is 12.6. The Balaban J connectivity index is 2.58. The monoisotopic (exact) mass is 432 g/mol. The molecule has 31 heavy (non-hydrogen) atoms. The van der Waals surface area contributed by atoms with Crippen LogP contribution >= 0.6 is 0 Å². The summed E-state index contributed by atoms with van der Waals surface area (Å²) in [6.45, 7) is 2.25. The van der Waals surface area contributed by atoms with E-state index in [0.717, 1.165) is 70.6 Å². The molecule has 0 atom stereocenters. The second kappa shape index (κ2) is 17.8. The summed E-state index contributed by atoms with van der Waals surface area (Å²) in [5, 5.41) is 17.6. The van der Waals surface area contributed by atoms with Gasteiger partial charge < -0.3 is 10.2 Å². The number of hydrogen-bond donors (Lipinski definition) is 2. The Morgan fingerprint density at radius 1 is 0.613 bits per heavy atom. The van der Waals surface area contributed by atoms with Crippen LogP contribution in [0.3, 0.4) is 0 Å². The summed E-state index contributed by atoms with van der Waals surface area (Å²) in [5.74, 6) is -1.39. The van der Waals surface area contributed by atoms with Gasteiger partial charge >= 0.3 is 11.9 Å². The topological polar surface area (TPSA) is 74.6 Å². The van der Waals surface area contributed by atoms with Crippen molar-refractivity contribution in [2.24, 2.45) is 0 Å². The Labute approximate surface area is 189 Å². The predicted octanol–water partition coefficient (Wildman–Crippen LogP) is 7.35.